The smallest absolute Gasteiger partial charge is 0.330 e. The summed E-state index contributed by atoms with van der Waals surface area (Å²) in [6.45, 7) is 0. The molecule has 1 aromatic rings. The van der Waals surface area contributed by atoms with E-state index >= 15 is 0 Å². The van der Waals surface area contributed by atoms with Gasteiger partial charge in [0.05, 0.1) is 13.3 Å². The highest BCUT2D eigenvalue weighted by atomic mass is 32.1. The molecule has 0 amide bonds. The van der Waals surface area contributed by atoms with Crippen molar-refractivity contribution in [3.05, 3.63) is 41.5 Å². The molecule has 0 spiro atoms. The Balaban J connectivity index is 2.62. The molecule has 0 bridgehead atoms. The van der Waals surface area contributed by atoms with E-state index in [-0.39, 0.29) is 11.1 Å². The first-order valence-electron chi connectivity index (χ1n) is 5.06. The molecule has 0 aliphatic rings. The highest BCUT2D eigenvalue weighted by Gasteiger charge is 1.92. The molecule has 0 saturated carbocycles. The lowest BCUT2D eigenvalue weighted by Crippen LogP contribution is -2.23. The van der Waals surface area contributed by atoms with Crippen LogP contribution in [0.2, 0.25) is 0 Å². The largest absolute Gasteiger partial charge is 0.466 e. The molecular formula is C12H13N3O2S. The van der Waals surface area contributed by atoms with Crippen molar-refractivity contribution in [3.63, 3.8) is 0 Å². The Kier molecular flexibility index (Phi) is 5.53. The molecule has 94 valence electrons. The Morgan fingerprint density at radius 1 is 1.39 bits per heavy atom. The molecule has 0 heterocycles. The van der Waals surface area contributed by atoms with Crippen molar-refractivity contribution in [3.8, 4) is 0 Å². The van der Waals surface area contributed by atoms with Crippen molar-refractivity contribution in [1.82, 2.24) is 5.43 Å². The predicted octanol–water partition coefficient (Wildman–Crippen LogP) is 1.04. The second-order valence-corrected chi connectivity index (χ2v) is 3.70. The lowest BCUT2D eigenvalue weighted by atomic mass is 10.1. The number of hydrogen-bond donors (Lipinski definition) is 2. The second kappa shape index (κ2) is 7.18. The van der Waals surface area contributed by atoms with Gasteiger partial charge in [-0.2, -0.15) is 5.10 Å². The van der Waals surface area contributed by atoms with E-state index in [1.807, 2.05) is 24.3 Å². The van der Waals surface area contributed by atoms with E-state index in [1.54, 1.807) is 12.3 Å². The first-order chi connectivity index (χ1) is 8.61. The van der Waals surface area contributed by atoms with E-state index in [1.165, 1.54) is 13.2 Å². The standard InChI is InChI=1S/C12H13N3O2S/c1-17-11(16)7-6-9-2-4-10(5-3-9)8-14-15-12(13)18/h2-8H,1H3,(H3,13,15,18). The Labute approximate surface area is 110 Å². The van der Waals surface area contributed by atoms with Gasteiger partial charge < -0.3 is 10.5 Å². The molecule has 0 atom stereocenters. The number of hydrogen-bond acceptors (Lipinski definition) is 4. The minimum Gasteiger partial charge on any atom is -0.466 e. The molecule has 0 aromatic heterocycles. The van der Waals surface area contributed by atoms with Gasteiger partial charge in [0.15, 0.2) is 5.11 Å². The van der Waals surface area contributed by atoms with Gasteiger partial charge in [-0.3, -0.25) is 5.43 Å². The van der Waals surface area contributed by atoms with Crippen LogP contribution in [0.1, 0.15) is 11.1 Å². The van der Waals surface area contributed by atoms with Crippen LogP contribution < -0.4 is 11.2 Å². The van der Waals surface area contributed by atoms with E-state index in [2.05, 4.69) is 27.5 Å². The average Bonchev–Trinajstić information content (AvgIpc) is 2.37. The number of carbonyl (C=O) groups is 1. The third-order valence-corrected chi connectivity index (χ3v) is 2.03. The molecule has 0 unspecified atom stereocenters. The zero-order valence-electron chi connectivity index (χ0n) is 9.79. The van der Waals surface area contributed by atoms with Crippen LogP contribution in [-0.4, -0.2) is 24.4 Å². The van der Waals surface area contributed by atoms with E-state index in [0.29, 0.717) is 0 Å². The van der Waals surface area contributed by atoms with Crippen LogP contribution >= 0.6 is 12.2 Å². The molecule has 0 saturated heterocycles. The van der Waals surface area contributed by atoms with Crippen LogP contribution in [0.3, 0.4) is 0 Å². The third kappa shape index (κ3) is 5.22. The van der Waals surface area contributed by atoms with E-state index < -0.39 is 0 Å². The van der Waals surface area contributed by atoms with Crippen molar-refractivity contribution in [2.24, 2.45) is 10.8 Å². The van der Waals surface area contributed by atoms with E-state index in [9.17, 15) is 4.79 Å². The number of carbonyl (C=O) groups excluding carboxylic acids is 1. The third-order valence-electron chi connectivity index (χ3n) is 1.94. The summed E-state index contributed by atoms with van der Waals surface area (Å²) in [5.41, 5.74) is 9.45. The fraction of sp³-hybridized carbons (Fsp3) is 0.0833. The minimum absolute atomic E-state index is 0.115. The highest BCUT2D eigenvalue weighted by Crippen LogP contribution is 2.04. The molecule has 5 nitrogen and oxygen atoms in total. The van der Waals surface area contributed by atoms with Gasteiger partial charge in [-0.25, -0.2) is 4.79 Å². The second-order valence-electron chi connectivity index (χ2n) is 3.26. The lowest BCUT2D eigenvalue weighted by Gasteiger charge is -1.97. The SMILES string of the molecule is COC(=O)C=Cc1ccc(C=NNC(N)=S)cc1. The Morgan fingerprint density at radius 2 is 2.00 bits per heavy atom. The number of methoxy groups -OCH3 is 1. The lowest BCUT2D eigenvalue weighted by molar-refractivity contribution is -0.134. The van der Waals surface area contributed by atoms with Crippen LogP contribution in [-0.2, 0) is 9.53 Å². The van der Waals surface area contributed by atoms with Crippen molar-refractivity contribution >= 4 is 35.6 Å². The molecule has 1 rings (SSSR count). The molecule has 0 aliphatic carbocycles. The average molecular weight is 263 g/mol. The fourth-order valence-electron chi connectivity index (χ4n) is 1.10. The summed E-state index contributed by atoms with van der Waals surface area (Å²) < 4.78 is 4.49. The van der Waals surface area contributed by atoms with Gasteiger partial charge in [0, 0.05) is 6.08 Å². The molecule has 0 aliphatic heterocycles. The first-order valence-corrected chi connectivity index (χ1v) is 5.47. The number of ether oxygens (including phenoxy) is 1. The number of thiocarbonyl (C=S) groups is 1. The van der Waals surface area contributed by atoms with Crippen LogP contribution in [0.25, 0.3) is 6.08 Å². The Bertz CT molecular complexity index is 481. The summed E-state index contributed by atoms with van der Waals surface area (Å²) in [6.07, 6.45) is 4.62. The van der Waals surface area contributed by atoms with Gasteiger partial charge in [0.1, 0.15) is 0 Å². The summed E-state index contributed by atoms with van der Waals surface area (Å²) in [4.78, 5) is 10.9. The number of hydrazone groups is 1. The monoisotopic (exact) mass is 263 g/mol. The van der Waals surface area contributed by atoms with Crippen LogP contribution in [0.15, 0.2) is 35.4 Å². The van der Waals surface area contributed by atoms with Gasteiger partial charge in [-0.05, 0) is 29.4 Å². The minimum atomic E-state index is -0.388. The normalized spacial score (nSPS) is 10.7. The number of nitrogens with one attached hydrogen (secondary N) is 1. The van der Waals surface area contributed by atoms with Crippen molar-refractivity contribution in [2.45, 2.75) is 0 Å². The number of nitrogens with two attached hydrogens (primary N) is 1. The van der Waals surface area contributed by atoms with Gasteiger partial charge in [-0.15, -0.1) is 0 Å². The zero-order valence-corrected chi connectivity index (χ0v) is 10.6. The number of rotatable bonds is 4. The zero-order chi connectivity index (χ0) is 13.4. The summed E-state index contributed by atoms with van der Waals surface area (Å²) in [5.74, 6) is -0.388. The van der Waals surface area contributed by atoms with Crippen LogP contribution in [0, 0.1) is 0 Å². The van der Waals surface area contributed by atoms with Gasteiger partial charge in [-0.1, -0.05) is 24.3 Å². The predicted molar refractivity (Wildman–Crippen MR) is 75.0 cm³/mol. The first kappa shape index (κ1) is 13.9. The summed E-state index contributed by atoms with van der Waals surface area (Å²) >= 11 is 4.60. The molecular weight excluding hydrogens is 250 g/mol. The van der Waals surface area contributed by atoms with Crippen molar-refractivity contribution in [2.75, 3.05) is 7.11 Å². The summed E-state index contributed by atoms with van der Waals surface area (Å²) in [5, 5.41) is 3.94. The van der Waals surface area contributed by atoms with E-state index in [4.69, 9.17) is 5.73 Å². The van der Waals surface area contributed by atoms with Gasteiger partial charge in [0.2, 0.25) is 0 Å². The summed E-state index contributed by atoms with van der Waals surface area (Å²) in [6, 6.07) is 7.40. The topological polar surface area (TPSA) is 76.7 Å². The molecule has 1 aromatic carbocycles. The van der Waals surface area contributed by atoms with Crippen molar-refractivity contribution < 1.29 is 9.53 Å². The number of nitrogens with zero attached hydrogens (tertiary/aromatic N) is 1. The molecule has 0 radical (unpaired) electrons. The van der Waals surface area contributed by atoms with Crippen molar-refractivity contribution in [1.29, 1.82) is 0 Å². The van der Waals surface area contributed by atoms with E-state index in [0.717, 1.165) is 11.1 Å². The summed E-state index contributed by atoms with van der Waals surface area (Å²) in [7, 11) is 1.33. The molecule has 18 heavy (non-hydrogen) atoms. The molecule has 6 heteroatoms. The number of benzene rings is 1. The quantitative estimate of drug-likeness (QED) is 0.279. The van der Waals surface area contributed by atoms with Gasteiger partial charge >= 0.3 is 5.97 Å². The number of esters is 1. The maximum Gasteiger partial charge on any atom is 0.330 e. The highest BCUT2D eigenvalue weighted by molar-refractivity contribution is 7.80. The fourth-order valence-corrected chi connectivity index (χ4v) is 1.15. The molecule has 0 fully saturated rings. The Morgan fingerprint density at radius 3 is 2.56 bits per heavy atom. The Hall–Kier alpha value is -2.21. The maximum absolute atomic E-state index is 10.9. The van der Waals surface area contributed by atoms with Crippen LogP contribution in [0.4, 0.5) is 0 Å². The molecule has 3 N–H and O–H groups in total. The van der Waals surface area contributed by atoms with Crippen LogP contribution in [0.5, 0.6) is 0 Å². The van der Waals surface area contributed by atoms with Gasteiger partial charge in [0.25, 0.3) is 0 Å². The maximum atomic E-state index is 10.9.